The number of anilines is 1. The second-order valence-electron chi connectivity index (χ2n) is 6.79. The summed E-state index contributed by atoms with van der Waals surface area (Å²) in [5.41, 5.74) is 2.19. The number of rotatable bonds is 5. The van der Waals surface area contributed by atoms with Gasteiger partial charge in [-0.15, -0.1) is 13.2 Å². The molecule has 0 spiro atoms. The molecule has 30 heavy (non-hydrogen) atoms. The summed E-state index contributed by atoms with van der Waals surface area (Å²) >= 11 is 0. The molecule has 1 aliphatic rings. The van der Waals surface area contributed by atoms with Gasteiger partial charge in [-0.05, 0) is 30.3 Å². The predicted octanol–water partition coefficient (Wildman–Crippen LogP) is 2.42. The van der Waals surface area contributed by atoms with Crippen LogP contribution in [-0.4, -0.2) is 50.9 Å². The lowest BCUT2D eigenvalue weighted by Gasteiger charge is -2.39. The van der Waals surface area contributed by atoms with E-state index in [0.717, 1.165) is 0 Å². The number of halogens is 3. The highest BCUT2D eigenvalue weighted by Crippen LogP contribution is 2.31. The number of nitrogens with one attached hydrogen (secondary N) is 1. The molecule has 1 saturated heterocycles. The molecule has 3 heterocycles. The maximum absolute atomic E-state index is 12.4. The lowest BCUT2D eigenvalue weighted by molar-refractivity contribution is -0.274. The molecule has 0 unspecified atom stereocenters. The largest absolute Gasteiger partial charge is 0.573 e. The molecule has 0 atom stereocenters. The van der Waals surface area contributed by atoms with E-state index in [1.54, 1.807) is 17.9 Å². The fourth-order valence-electron chi connectivity index (χ4n) is 3.15. The topological polar surface area (TPSA) is 85.2 Å². The zero-order valence-electron chi connectivity index (χ0n) is 15.8. The standard InChI is InChI=1S/C19H17F3N6O2/c1-3-14(29)24-12-8-28(9-12)18-25-15(16-17(26-18)27(2)10-23-16)11-4-6-13(7-5-11)30-19(20,21)22/h3-7,10,12H,1,8-9H2,2H3,(H,24,29). The van der Waals surface area contributed by atoms with Crippen LogP contribution in [0.4, 0.5) is 19.1 Å². The molecular weight excluding hydrogens is 401 g/mol. The SMILES string of the molecule is C=CC(=O)NC1CN(c2nc(-c3ccc(OC(F)(F)F)cc3)c3ncn(C)c3n2)C1. The first kappa shape index (κ1) is 19.7. The number of fused-ring (bicyclic) bond motifs is 1. The molecule has 0 radical (unpaired) electrons. The molecule has 2 aromatic heterocycles. The van der Waals surface area contributed by atoms with Gasteiger partial charge in [0.05, 0.1) is 12.4 Å². The molecule has 0 aliphatic carbocycles. The van der Waals surface area contributed by atoms with Crippen LogP contribution in [0.2, 0.25) is 0 Å². The summed E-state index contributed by atoms with van der Waals surface area (Å²) < 4.78 is 42.9. The third kappa shape index (κ3) is 3.91. The second-order valence-corrected chi connectivity index (χ2v) is 6.79. The molecule has 1 N–H and O–H groups in total. The number of nitrogens with zero attached hydrogens (tertiary/aromatic N) is 5. The molecule has 11 heteroatoms. The normalized spacial score (nSPS) is 14.5. The molecular formula is C19H17F3N6O2. The Balaban J connectivity index is 1.64. The van der Waals surface area contributed by atoms with Gasteiger partial charge in [-0.3, -0.25) is 4.79 Å². The van der Waals surface area contributed by atoms with E-state index in [0.29, 0.717) is 41.5 Å². The molecule has 0 bridgehead atoms. The van der Waals surface area contributed by atoms with E-state index in [1.807, 2.05) is 4.90 Å². The van der Waals surface area contributed by atoms with Gasteiger partial charge in [-0.2, -0.15) is 4.98 Å². The van der Waals surface area contributed by atoms with Crippen molar-refractivity contribution < 1.29 is 22.7 Å². The van der Waals surface area contributed by atoms with Crippen molar-refractivity contribution in [2.75, 3.05) is 18.0 Å². The van der Waals surface area contributed by atoms with Gasteiger partial charge in [0.15, 0.2) is 5.65 Å². The maximum Gasteiger partial charge on any atom is 0.573 e. The van der Waals surface area contributed by atoms with E-state index >= 15 is 0 Å². The van der Waals surface area contributed by atoms with Crippen LogP contribution in [0.3, 0.4) is 0 Å². The van der Waals surface area contributed by atoms with Gasteiger partial charge in [0.2, 0.25) is 11.9 Å². The number of aromatic nitrogens is 4. The van der Waals surface area contributed by atoms with Crippen molar-refractivity contribution in [3.05, 3.63) is 43.2 Å². The molecule has 8 nitrogen and oxygen atoms in total. The van der Waals surface area contributed by atoms with Gasteiger partial charge in [-0.25, -0.2) is 9.97 Å². The van der Waals surface area contributed by atoms with Crippen molar-refractivity contribution in [2.45, 2.75) is 12.4 Å². The number of carbonyl (C=O) groups is 1. The van der Waals surface area contributed by atoms with E-state index in [1.165, 1.54) is 30.3 Å². The quantitative estimate of drug-likeness (QED) is 0.641. The molecule has 1 aromatic carbocycles. The summed E-state index contributed by atoms with van der Waals surface area (Å²) in [4.78, 5) is 26.8. The molecule has 156 valence electrons. The van der Waals surface area contributed by atoms with Crippen molar-refractivity contribution >= 4 is 23.0 Å². The number of ether oxygens (including phenoxy) is 1. The smallest absolute Gasteiger partial charge is 0.406 e. The number of benzene rings is 1. The van der Waals surface area contributed by atoms with Crippen LogP contribution < -0.4 is 15.0 Å². The van der Waals surface area contributed by atoms with Gasteiger partial charge in [0.25, 0.3) is 0 Å². The Kier molecular flexibility index (Phi) is 4.80. The van der Waals surface area contributed by atoms with Crippen molar-refractivity contribution in [3.8, 4) is 17.0 Å². The number of amides is 1. The molecule has 3 aromatic rings. The Hall–Kier alpha value is -3.63. The number of aryl methyl sites for hydroxylation is 1. The van der Waals surface area contributed by atoms with Crippen LogP contribution in [-0.2, 0) is 11.8 Å². The lowest BCUT2D eigenvalue weighted by Crippen LogP contribution is -2.59. The summed E-state index contributed by atoms with van der Waals surface area (Å²) in [5.74, 6) is -0.119. The Morgan fingerprint density at radius 2 is 1.97 bits per heavy atom. The highest BCUT2D eigenvalue weighted by molar-refractivity contribution is 5.89. The lowest BCUT2D eigenvalue weighted by atomic mass is 10.1. The Morgan fingerprint density at radius 3 is 2.60 bits per heavy atom. The molecule has 0 saturated carbocycles. The fraction of sp³-hybridized carbons (Fsp3) is 0.263. The summed E-state index contributed by atoms with van der Waals surface area (Å²) in [6, 6.07) is 5.39. The van der Waals surface area contributed by atoms with Crippen LogP contribution in [0.15, 0.2) is 43.2 Å². The fourth-order valence-corrected chi connectivity index (χ4v) is 3.15. The van der Waals surface area contributed by atoms with E-state index in [-0.39, 0.29) is 17.7 Å². The first-order valence-electron chi connectivity index (χ1n) is 8.96. The zero-order valence-corrected chi connectivity index (χ0v) is 15.8. The summed E-state index contributed by atoms with van der Waals surface area (Å²) in [5, 5.41) is 2.80. The van der Waals surface area contributed by atoms with Crippen LogP contribution in [0.1, 0.15) is 0 Å². The van der Waals surface area contributed by atoms with Gasteiger partial charge < -0.3 is 19.5 Å². The maximum atomic E-state index is 12.4. The third-order valence-electron chi connectivity index (χ3n) is 4.61. The van der Waals surface area contributed by atoms with E-state index < -0.39 is 6.36 Å². The third-order valence-corrected chi connectivity index (χ3v) is 4.61. The van der Waals surface area contributed by atoms with E-state index in [4.69, 9.17) is 0 Å². The molecule has 1 amide bonds. The number of hydrogen-bond donors (Lipinski definition) is 1. The summed E-state index contributed by atoms with van der Waals surface area (Å²) in [6.07, 6.45) is -1.95. The number of alkyl halides is 3. The van der Waals surface area contributed by atoms with Crippen LogP contribution in [0.25, 0.3) is 22.4 Å². The van der Waals surface area contributed by atoms with Gasteiger partial charge in [-0.1, -0.05) is 6.58 Å². The molecule has 4 rings (SSSR count). The first-order valence-corrected chi connectivity index (χ1v) is 8.96. The van der Waals surface area contributed by atoms with Crippen molar-refractivity contribution in [2.24, 2.45) is 7.05 Å². The first-order chi connectivity index (χ1) is 14.2. The number of imidazole rings is 1. The summed E-state index contributed by atoms with van der Waals surface area (Å²) in [7, 11) is 1.79. The van der Waals surface area contributed by atoms with Gasteiger partial charge in [0.1, 0.15) is 17.0 Å². The second kappa shape index (κ2) is 7.32. The van der Waals surface area contributed by atoms with Crippen molar-refractivity contribution in [1.82, 2.24) is 24.8 Å². The highest BCUT2D eigenvalue weighted by Gasteiger charge is 2.32. The molecule has 1 fully saturated rings. The minimum Gasteiger partial charge on any atom is -0.406 e. The Morgan fingerprint density at radius 1 is 1.27 bits per heavy atom. The van der Waals surface area contributed by atoms with E-state index in [2.05, 4.69) is 31.6 Å². The zero-order chi connectivity index (χ0) is 21.5. The highest BCUT2D eigenvalue weighted by atomic mass is 19.4. The van der Waals surface area contributed by atoms with Crippen LogP contribution >= 0.6 is 0 Å². The minimum atomic E-state index is -4.76. The number of carbonyl (C=O) groups excluding carboxylic acids is 1. The van der Waals surface area contributed by atoms with Crippen LogP contribution in [0.5, 0.6) is 5.75 Å². The van der Waals surface area contributed by atoms with E-state index in [9.17, 15) is 18.0 Å². The number of hydrogen-bond acceptors (Lipinski definition) is 6. The van der Waals surface area contributed by atoms with Crippen molar-refractivity contribution in [3.63, 3.8) is 0 Å². The summed E-state index contributed by atoms with van der Waals surface area (Å²) in [6.45, 7) is 4.48. The predicted molar refractivity (Wildman–Crippen MR) is 103 cm³/mol. The minimum absolute atomic E-state index is 0.0383. The van der Waals surface area contributed by atoms with Gasteiger partial charge in [0, 0.05) is 25.7 Å². The molecule has 1 aliphatic heterocycles. The average molecular weight is 418 g/mol. The van der Waals surface area contributed by atoms with Gasteiger partial charge >= 0.3 is 6.36 Å². The average Bonchev–Trinajstić information content (AvgIpc) is 3.04. The van der Waals surface area contributed by atoms with Crippen LogP contribution in [0, 0.1) is 0 Å². The van der Waals surface area contributed by atoms with Crippen molar-refractivity contribution in [1.29, 1.82) is 0 Å². The Bertz CT molecular complexity index is 1100. The monoisotopic (exact) mass is 418 g/mol. The Labute approximate surface area is 169 Å².